The van der Waals surface area contributed by atoms with Crippen LogP contribution < -0.4 is 5.32 Å². The molecule has 1 atom stereocenters. The van der Waals surface area contributed by atoms with E-state index in [0.29, 0.717) is 17.9 Å². The molecule has 1 amide bonds. The molecular formula is C17H23N5O2. The highest BCUT2D eigenvalue weighted by atomic mass is 16.3. The van der Waals surface area contributed by atoms with Gasteiger partial charge in [-0.15, -0.1) is 0 Å². The summed E-state index contributed by atoms with van der Waals surface area (Å²) in [7, 11) is 1.60. The van der Waals surface area contributed by atoms with Gasteiger partial charge in [0.15, 0.2) is 0 Å². The average molecular weight is 329 g/mol. The van der Waals surface area contributed by atoms with Crippen molar-refractivity contribution in [3.63, 3.8) is 0 Å². The van der Waals surface area contributed by atoms with E-state index in [4.69, 9.17) is 0 Å². The third-order valence-electron chi connectivity index (χ3n) is 4.39. The molecule has 0 spiro atoms. The molecule has 0 saturated carbocycles. The summed E-state index contributed by atoms with van der Waals surface area (Å²) >= 11 is 0. The van der Waals surface area contributed by atoms with Gasteiger partial charge in [0, 0.05) is 32.0 Å². The fraction of sp³-hybridized carbons (Fsp3) is 0.471. The number of hydrogen-bond acceptors (Lipinski definition) is 5. The number of amides is 1. The first kappa shape index (κ1) is 16.4. The first-order valence-corrected chi connectivity index (χ1v) is 8.22. The van der Waals surface area contributed by atoms with E-state index in [2.05, 4.69) is 20.3 Å². The number of aromatic hydroxyl groups is 1. The molecule has 128 valence electrons. The summed E-state index contributed by atoms with van der Waals surface area (Å²) in [6.45, 7) is 4.33. The van der Waals surface area contributed by atoms with Crippen molar-refractivity contribution in [2.45, 2.75) is 32.4 Å². The number of hydrogen-bond donors (Lipinski definition) is 2. The second kappa shape index (κ2) is 7.00. The van der Waals surface area contributed by atoms with Gasteiger partial charge in [-0.2, -0.15) is 5.10 Å². The summed E-state index contributed by atoms with van der Waals surface area (Å²) in [6.07, 6.45) is 3.94. The predicted molar refractivity (Wildman–Crippen MR) is 89.8 cm³/mol. The number of pyridine rings is 1. The summed E-state index contributed by atoms with van der Waals surface area (Å²) in [6, 6.07) is 5.47. The van der Waals surface area contributed by atoms with Gasteiger partial charge in [0.25, 0.3) is 5.91 Å². The van der Waals surface area contributed by atoms with Crippen LogP contribution in [-0.2, 0) is 6.54 Å². The van der Waals surface area contributed by atoms with Gasteiger partial charge in [-0.05, 0) is 44.5 Å². The summed E-state index contributed by atoms with van der Waals surface area (Å²) in [5.41, 5.74) is 2.05. The number of aryl methyl sites for hydroxylation is 1. The zero-order chi connectivity index (χ0) is 17.1. The van der Waals surface area contributed by atoms with Crippen molar-refractivity contribution in [3.05, 3.63) is 41.5 Å². The SMILES string of the molecule is CNC(=O)c1ccn([C@@H]2CCCN(Cc3nc(C)ccc3O)C2)n1. The molecule has 0 aromatic carbocycles. The molecule has 7 nitrogen and oxygen atoms in total. The molecule has 1 fully saturated rings. The monoisotopic (exact) mass is 329 g/mol. The minimum Gasteiger partial charge on any atom is -0.506 e. The van der Waals surface area contributed by atoms with Gasteiger partial charge in [0.1, 0.15) is 11.4 Å². The number of aromatic nitrogens is 3. The Balaban J connectivity index is 1.69. The van der Waals surface area contributed by atoms with E-state index < -0.39 is 0 Å². The quantitative estimate of drug-likeness (QED) is 0.888. The highest BCUT2D eigenvalue weighted by Crippen LogP contribution is 2.24. The third kappa shape index (κ3) is 3.56. The van der Waals surface area contributed by atoms with Crippen molar-refractivity contribution in [3.8, 4) is 5.75 Å². The van der Waals surface area contributed by atoms with Crippen LogP contribution in [0.3, 0.4) is 0 Å². The molecule has 2 N–H and O–H groups in total. The van der Waals surface area contributed by atoms with Crippen LogP contribution in [0.25, 0.3) is 0 Å². The first-order valence-electron chi connectivity index (χ1n) is 8.22. The molecular weight excluding hydrogens is 306 g/mol. The Morgan fingerprint density at radius 3 is 3.04 bits per heavy atom. The largest absolute Gasteiger partial charge is 0.506 e. The molecule has 0 bridgehead atoms. The lowest BCUT2D eigenvalue weighted by Crippen LogP contribution is -2.36. The molecule has 0 aliphatic carbocycles. The van der Waals surface area contributed by atoms with E-state index >= 15 is 0 Å². The fourth-order valence-corrected chi connectivity index (χ4v) is 3.11. The molecule has 0 unspecified atom stereocenters. The standard InChI is InChI=1S/C17H23N5O2/c1-12-5-6-16(23)15(19-12)11-21-8-3-4-13(10-21)22-9-7-14(20-22)17(24)18-2/h5-7,9,13,23H,3-4,8,10-11H2,1-2H3,(H,18,24)/t13-/m1/s1. The molecule has 0 radical (unpaired) electrons. The molecule has 1 aliphatic heterocycles. The Hall–Kier alpha value is -2.41. The molecule has 1 saturated heterocycles. The normalized spacial score (nSPS) is 18.5. The lowest BCUT2D eigenvalue weighted by atomic mass is 10.1. The van der Waals surface area contributed by atoms with E-state index in [1.54, 1.807) is 19.2 Å². The van der Waals surface area contributed by atoms with Crippen LogP contribution in [0, 0.1) is 6.92 Å². The van der Waals surface area contributed by atoms with Gasteiger partial charge >= 0.3 is 0 Å². The molecule has 7 heteroatoms. The Bertz CT molecular complexity index is 728. The maximum Gasteiger partial charge on any atom is 0.271 e. The highest BCUT2D eigenvalue weighted by Gasteiger charge is 2.23. The van der Waals surface area contributed by atoms with Crippen LogP contribution in [0.1, 0.15) is 40.8 Å². The molecule has 3 rings (SSSR count). The Morgan fingerprint density at radius 1 is 1.42 bits per heavy atom. The van der Waals surface area contributed by atoms with Crippen molar-refractivity contribution >= 4 is 5.91 Å². The van der Waals surface area contributed by atoms with E-state index in [0.717, 1.165) is 31.6 Å². The van der Waals surface area contributed by atoms with E-state index in [-0.39, 0.29) is 17.7 Å². The summed E-state index contributed by atoms with van der Waals surface area (Å²) in [4.78, 5) is 18.4. The maximum atomic E-state index is 11.7. The summed E-state index contributed by atoms with van der Waals surface area (Å²) < 4.78 is 1.88. The molecule has 1 aliphatic rings. The average Bonchev–Trinajstić information content (AvgIpc) is 3.08. The van der Waals surface area contributed by atoms with Crippen LogP contribution in [0.5, 0.6) is 5.75 Å². The minimum atomic E-state index is -0.171. The Labute approximate surface area is 141 Å². The molecule has 24 heavy (non-hydrogen) atoms. The van der Waals surface area contributed by atoms with Gasteiger partial charge in [0.2, 0.25) is 0 Å². The number of likely N-dealkylation sites (tertiary alicyclic amines) is 1. The number of carbonyl (C=O) groups excluding carboxylic acids is 1. The zero-order valence-electron chi connectivity index (χ0n) is 14.1. The number of carbonyl (C=O) groups is 1. The number of nitrogens with one attached hydrogen (secondary N) is 1. The van der Waals surface area contributed by atoms with Crippen molar-refractivity contribution in [2.24, 2.45) is 0 Å². The van der Waals surface area contributed by atoms with Gasteiger partial charge in [-0.1, -0.05) is 0 Å². The van der Waals surface area contributed by atoms with Crippen molar-refractivity contribution in [1.29, 1.82) is 0 Å². The van der Waals surface area contributed by atoms with Crippen molar-refractivity contribution in [1.82, 2.24) is 25.0 Å². The Morgan fingerprint density at radius 2 is 2.25 bits per heavy atom. The Kier molecular flexibility index (Phi) is 4.80. The summed E-state index contributed by atoms with van der Waals surface area (Å²) in [5, 5.41) is 17.0. The smallest absolute Gasteiger partial charge is 0.271 e. The first-order chi connectivity index (χ1) is 11.6. The highest BCUT2D eigenvalue weighted by molar-refractivity contribution is 5.91. The molecule has 3 heterocycles. The van der Waals surface area contributed by atoms with E-state index in [1.807, 2.05) is 23.9 Å². The lowest BCUT2D eigenvalue weighted by molar-refractivity contribution is 0.0955. The zero-order valence-corrected chi connectivity index (χ0v) is 14.1. The summed E-state index contributed by atoms with van der Waals surface area (Å²) in [5.74, 6) is 0.0685. The molecule has 2 aromatic heterocycles. The van der Waals surface area contributed by atoms with Crippen LogP contribution in [0.4, 0.5) is 0 Å². The van der Waals surface area contributed by atoms with Gasteiger partial charge in [-0.3, -0.25) is 19.4 Å². The second-order valence-electron chi connectivity index (χ2n) is 6.21. The topological polar surface area (TPSA) is 83.3 Å². The van der Waals surface area contributed by atoms with E-state index in [1.165, 1.54) is 0 Å². The minimum absolute atomic E-state index is 0.171. The van der Waals surface area contributed by atoms with Gasteiger partial charge < -0.3 is 10.4 Å². The van der Waals surface area contributed by atoms with Crippen molar-refractivity contribution < 1.29 is 9.90 Å². The van der Waals surface area contributed by atoms with Crippen LogP contribution >= 0.6 is 0 Å². The second-order valence-corrected chi connectivity index (χ2v) is 6.21. The van der Waals surface area contributed by atoms with Gasteiger partial charge in [0.05, 0.1) is 11.7 Å². The number of rotatable bonds is 4. The number of nitrogens with zero attached hydrogens (tertiary/aromatic N) is 4. The predicted octanol–water partition coefficient (Wildman–Crippen LogP) is 1.49. The van der Waals surface area contributed by atoms with Crippen LogP contribution in [0.15, 0.2) is 24.4 Å². The van der Waals surface area contributed by atoms with Crippen LogP contribution in [0.2, 0.25) is 0 Å². The fourth-order valence-electron chi connectivity index (χ4n) is 3.11. The maximum absolute atomic E-state index is 11.7. The molecule has 2 aromatic rings. The van der Waals surface area contributed by atoms with Crippen molar-refractivity contribution in [2.75, 3.05) is 20.1 Å². The lowest BCUT2D eigenvalue weighted by Gasteiger charge is -2.32. The third-order valence-corrected chi connectivity index (χ3v) is 4.39. The number of piperidine rings is 1. The van der Waals surface area contributed by atoms with E-state index in [9.17, 15) is 9.90 Å². The van der Waals surface area contributed by atoms with Gasteiger partial charge in [-0.25, -0.2) is 0 Å². The van der Waals surface area contributed by atoms with Crippen LogP contribution in [-0.4, -0.2) is 50.8 Å².